The zero-order valence-corrected chi connectivity index (χ0v) is 16.5. The third kappa shape index (κ3) is 3.94. The topological polar surface area (TPSA) is 82.4 Å². The van der Waals surface area contributed by atoms with Crippen molar-refractivity contribution < 1.29 is 14.3 Å². The van der Waals surface area contributed by atoms with Gasteiger partial charge in [0.25, 0.3) is 5.56 Å². The largest absolute Gasteiger partial charge is 0.497 e. The zero-order chi connectivity index (χ0) is 20.4. The Labute approximate surface area is 168 Å². The van der Waals surface area contributed by atoms with Crippen LogP contribution in [0.15, 0.2) is 47.3 Å². The van der Waals surface area contributed by atoms with Crippen LogP contribution in [0.25, 0.3) is 10.8 Å². The van der Waals surface area contributed by atoms with E-state index < -0.39 is 0 Å². The molecule has 1 aromatic heterocycles. The van der Waals surface area contributed by atoms with Crippen molar-refractivity contribution in [1.82, 2.24) is 15.1 Å². The van der Waals surface area contributed by atoms with Gasteiger partial charge in [-0.1, -0.05) is 24.3 Å². The average Bonchev–Trinajstić information content (AvgIpc) is 2.75. The molecule has 29 heavy (non-hydrogen) atoms. The van der Waals surface area contributed by atoms with Crippen LogP contribution in [0.5, 0.6) is 11.5 Å². The second kappa shape index (κ2) is 7.95. The lowest BCUT2D eigenvalue weighted by atomic mass is 9.96. The minimum atomic E-state index is -0.259. The third-order valence-corrected chi connectivity index (χ3v) is 5.19. The molecule has 2 heterocycles. The molecule has 150 valence electrons. The van der Waals surface area contributed by atoms with Crippen molar-refractivity contribution in [2.24, 2.45) is 5.92 Å². The van der Waals surface area contributed by atoms with Crippen molar-refractivity contribution >= 4 is 16.7 Å². The molecule has 2 aromatic carbocycles. The predicted octanol–water partition coefficient (Wildman–Crippen LogP) is 2.08. The number of fused-ring (bicyclic) bond motifs is 2. The number of amides is 1. The van der Waals surface area contributed by atoms with Gasteiger partial charge in [0.15, 0.2) is 0 Å². The molecule has 0 fully saturated rings. The summed E-state index contributed by atoms with van der Waals surface area (Å²) in [6.45, 7) is 2.73. The van der Waals surface area contributed by atoms with Crippen molar-refractivity contribution in [3.05, 3.63) is 64.1 Å². The third-order valence-electron chi connectivity index (χ3n) is 5.19. The Balaban J connectivity index is 1.39. The molecule has 0 saturated carbocycles. The fourth-order valence-corrected chi connectivity index (χ4v) is 3.64. The molecule has 0 spiro atoms. The Morgan fingerprint density at radius 2 is 2.07 bits per heavy atom. The van der Waals surface area contributed by atoms with E-state index in [4.69, 9.17) is 9.47 Å². The number of aromatic nitrogens is 2. The van der Waals surface area contributed by atoms with Crippen LogP contribution in [0.3, 0.4) is 0 Å². The van der Waals surface area contributed by atoms with Gasteiger partial charge in [0.05, 0.1) is 24.8 Å². The Morgan fingerprint density at radius 1 is 1.28 bits per heavy atom. The van der Waals surface area contributed by atoms with E-state index in [1.54, 1.807) is 13.2 Å². The first-order chi connectivity index (χ1) is 14.0. The molecule has 4 rings (SSSR count). The van der Waals surface area contributed by atoms with Gasteiger partial charge in [0, 0.05) is 23.9 Å². The van der Waals surface area contributed by atoms with Crippen molar-refractivity contribution in [3.8, 4) is 11.5 Å². The van der Waals surface area contributed by atoms with E-state index in [9.17, 15) is 9.59 Å². The maximum Gasteiger partial charge on any atom is 0.275 e. The van der Waals surface area contributed by atoms with Crippen LogP contribution in [-0.4, -0.2) is 35.9 Å². The first kappa shape index (κ1) is 19.0. The molecular weight excluding hydrogens is 370 g/mol. The molecular formula is C22H23N3O4. The van der Waals surface area contributed by atoms with Gasteiger partial charge in [0.1, 0.15) is 18.0 Å². The fourth-order valence-electron chi connectivity index (χ4n) is 3.64. The molecule has 1 atom stereocenters. The van der Waals surface area contributed by atoms with Crippen LogP contribution in [0.4, 0.5) is 0 Å². The molecule has 7 heteroatoms. The lowest BCUT2D eigenvalue weighted by Gasteiger charge is -2.25. The summed E-state index contributed by atoms with van der Waals surface area (Å²) >= 11 is 0. The van der Waals surface area contributed by atoms with E-state index in [1.807, 2.05) is 43.3 Å². The highest BCUT2D eigenvalue weighted by molar-refractivity contribution is 5.83. The van der Waals surface area contributed by atoms with Crippen LogP contribution in [0.2, 0.25) is 0 Å². The monoisotopic (exact) mass is 393 g/mol. The van der Waals surface area contributed by atoms with Gasteiger partial charge in [-0.2, -0.15) is 5.10 Å². The van der Waals surface area contributed by atoms with Crippen LogP contribution in [0, 0.1) is 12.8 Å². The highest BCUT2D eigenvalue weighted by Crippen LogP contribution is 2.30. The number of benzene rings is 2. The van der Waals surface area contributed by atoms with Gasteiger partial charge in [-0.25, -0.2) is 4.68 Å². The second-order valence-corrected chi connectivity index (χ2v) is 7.25. The molecule has 1 amide bonds. The molecule has 0 bridgehead atoms. The van der Waals surface area contributed by atoms with Crippen molar-refractivity contribution in [3.63, 3.8) is 0 Å². The summed E-state index contributed by atoms with van der Waals surface area (Å²) in [4.78, 5) is 25.0. The number of hydrogen-bond donors (Lipinski definition) is 1. The van der Waals surface area contributed by atoms with Crippen LogP contribution >= 0.6 is 0 Å². The summed E-state index contributed by atoms with van der Waals surface area (Å²) in [6, 6.07) is 13.1. The molecule has 1 aliphatic heterocycles. The highest BCUT2D eigenvalue weighted by atomic mass is 16.5. The normalized spacial score (nSPS) is 15.4. The molecule has 1 N–H and O–H groups in total. The molecule has 0 saturated heterocycles. The number of methoxy groups -OCH3 is 1. The number of nitrogens with one attached hydrogen (secondary N) is 1. The summed E-state index contributed by atoms with van der Waals surface area (Å²) in [5.41, 5.74) is 1.56. The maximum absolute atomic E-state index is 12.6. The number of nitrogens with zero attached hydrogens (tertiary/aromatic N) is 2. The van der Waals surface area contributed by atoms with Crippen molar-refractivity contribution in [1.29, 1.82) is 0 Å². The summed E-state index contributed by atoms with van der Waals surface area (Å²) in [5.74, 6) is 1.52. The van der Waals surface area contributed by atoms with Gasteiger partial charge in [0.2, 0.25) is 5.91 Å². The van der Waals surface area contributed by atoms with E-state index in [0.29, 0.717) is 18.5 Å². The van der Waals surface area contributed by atoms with Crippen LogP contribution in [-0.2, 0) is 17.8 Å². The van der Waals surface area contributed by atoms with Crippen molar-refractivity contribution in [2.45, 2.75) is 19.9 Å². The Bertz CT molecular complexity index is 1120. The number of ether oxygens (including phenoxy) is 2. The predicted molar refractivity (Wildman–Crippen MR) is 109 cm³/mol. The minimum absolute atomic E-state index is 0.105. The summed E-state index contributed by atoms with van der Waals surface area (Å²) in [6.07, 6.45) is 0.812. The molecule has 0 aliphatic carbocycles. The fraction of sp³-hybridized carbons (Fsp3) is 0.318. The highest BCUT2D eigenvalue weighted by Gasteiger charge is 2.21. The van der Waals surface area contributed by atoms with Gasteiger partial charge >= 0.3 is 0 Å². The number of carbonyl (C=O) groups excluding carboxylic acids is 1. The van der Waals surface area contributed by atoms with Gasteiger partial charge in [-0.15, -0.1) is 0 Å². The van der Waals surface area contributed by atoms with E-state index >= 15 is 0 Å². The summed E-state index contributed by atoms with van der Waals surface area (Å²) < 4.78 is 12.3. The lowest BCUT2D eigenvalue weighted by molar-refractivity contribution is -0.122. The minimum Gasteiger partial charge on any atom is -0.497 e. The summed E-state index contributed by atoms with van der Waals surface area (Å²) in [7, 11) is 1.63. The molecule has 1 aliphatic rings. The van der Waals surface area contributed by atoms with Gasteiger partial charge in [-0.3, -0.25) is 9.59 Å². The maximum atomic E-state index is 12.6. The standard InChI is InChI=1S/C22H23N3O4/c1-14-18-5-3-4-6-19(18)22(27)25(24-14)12-21(26)23-11-15-9-16-7-8-17(28-2)10-20(16)29-13-15/h3-8,10,15H,9,11-13H2,1-2H3,(H,23,26). The first-order valence-corrected chi connectivity index (χ1v) is 9.58. The number of hydrogen-bond acceptors (Lipinski definition) is 5. The Hall–Kier alpha value is -3.35. The Morgan fingerprint density at radius 3 is 2.86 bits per heavy atom. The molecule has 0 radical (unpaired) electrons. The number of rotatable bonds is 5. The first-order valence-electron chi connectivity index (χ1n) is 9.58. The number of aryl methyl sites for hydroxylation is 1. The smallest absolute Gasteiger partial charge is 0.275 e. The average molecular weight is 393 g/mol. The summed E-state index contributed by atoms with van der Waals surface area (Å²) in [5, 5.41) is 8.57. The lowest BCUT2D eigenvalue weighted by Crippen LogP contribution is -2.38. The van der Waals surface area contributed by atoms with Crippen molar-refractivity contribution in [2.75, 3.05) is 20.3 Å². The van der Waals surface area contributed by atoms with E-state index in [-0.39, 0.29) is 23.9 Å². The van der Waals surface area contributed by atoms with Gasteiger partial charge < -0.3 is 14.8 Å². The van der Waals surface area contributed by atoms with E-state index in [2.05, 4.69) is 10.4 Å². The van der Waals surface area contributed by atoms with E-state index in [1.165, 1.54) is 4.68 Å². The zero-order valence-electron chi connectivity index (χ0n) is 16.5. The SMILES string of the molecule is COc1ccc2c(c1)OCC(CNC(=O)Cn1nc(C)c3ccccc3c1=O)C2. The molecule has 3 aromatic rings. The number of carbonyl (C=O) groups is 1. The van der Waals surface area contributed by atoms with Gasteiger partial charge in [-0.05, 0) is 31.0 Å². The van der Waals surface area contributed by atoms with Crippen LogP contribution < -0.4 is 20.3 Å². The molecule has 1 unspecified atom stereocenters. The second-order valence-electron chi connectivity index (χ2n) is 7.25. The Kier molecular flexibility index (Phi) is 5.20. The van der Waals surface area contributed by atoms with Crippen LogP contribution in [0.1, 0.15) is 11.3 Å². The quantitative estimate of drug-likeness (QED) is 0.718. The molecule has 7 nitrogen and oxygen atoms in total. The van der Waals surface area contributed by atoms with E-state index in [0.717, 1.165) is 34.6 Å².